The summed E-state index contributed by atoms with van der Waals surface area (Å²) in [6, 6.07) is 0. The van der Waals surface area contributed by atoms with Crippen LogP contribution in [0.15, 0.2) is 5.16 Å². The number of oxime groups is 1. The van der Waals surface area contributed by atoms with E-state index in [-0.39, 0.29) is 11.7 Å². The number of hydrogen-bond donors (Lipinski definition) is 3. The maximum atomic E-state index is 11.7. The summed E-state index contributed by atoms with van der Waals surface area (Å²) in [5.74, 6) is 0.506. The van der Waals surface area contributed by atoms with Crippen LogP contribution in [0, 0.1) is 5.92 Å². The van der Waals surface area contributed by atoms with Crippen LogP contribution in [0.5, 0.6) is 0 Å². The van der Waals surface area contributed by atoms with Gasteiger partial charge in [0.15, 0.2) is 5.84 Å². The predicted molar refractivity (Wildman–Crippen MR) is 77.0 cm³/mol. The first-order valence-electron chi connectivity index (χ1n) is 6.41. The van der Waals surface area contributed by atoms with Gasteiger partial charge in [0.1, 0.15) is 0 Å². The van der Waals surface area contributed by atoms with Gasteiger partial charge in [-0.25, -0.2) is 0 Å². The molecule has 0 heterocycles. The maximum absolute atomic E-state index is 11.7. The van der Waals surface area contributed by atoms with Crippen molar-refractivity contribution in [1.29, 1.82) is 0 Å². The molecule has 0 spiro atoms. The average Bonchev–Trinajstić information content (AvgIpc) is 2.38. The highest BCUT2D eigenvalue weighted by molar-refractivity contribution is 7.98. The molecule has 1 amide bonds. The fraction of sp³-hybridized carbons (Fsp3) is 0.833. The summed E-state index contributed by atoms with van der Waals surface area (Å²) in [6.45, 7) is 2.50. The Morgan fingerprint density at radius 2 is 2.06 bits per heavy atom. The standard InChI is InChI=1S/C12H25N3O2S/c1-3-10(11(13)15-17)12(16)14-8-6-4-5-7-9-18-2/h10,17H,3-9H2,1-2H3,(H2,13,15)(H,14,16). The van der Waals surface area contributed by atoms with Crippen LogP contribution in [0.1, 0.15) is 39.0 Å². The van der Waals surface area contributed by atoms with Crippen LogP contribution in [0.2, 0.25) is 0 Å². The lowest BCUT2D eigenvalue weighted by atomic mass is 10.0. The van der Waals surface area contributed by atoms with Gasteiger partial charge in [0.2, 0.25) is 5.91 Å². The van der Waals surface area contributed by atoms with E-state index in [4.69, 9.17) is 10.9 Å². The van der Waals surface area contributed by atoms with Crippen molar-refractivity contribution in [2.75, 3.05) is 18.6 Å². The lowest BCUT2D eigenvalue weighted by molar-refractivity contribution is -0.123. The maximum Gasteiger partial charge on any atom is 0.230 e. The van der Waals surface area contributed by atoms with E-state index in [2.05, 4.69) is 16.7 Å². The molecule has 0 rings (SSSR count). The Labute approximate surface area is 114 Å². The number of nitrogens with zero attached hydrogens (tertiary/aromatic N) is 1. The van der Waals surface area contributed by atoms with Crippen molar-refractivity contribution in [2.45, 2.75) is 39.0 Å². The van der Waals surface area contributed by atoms with E-state index in [0.717, 1.165) is 12.8 Å². The molecule has 0 aliphatic rings. The van der Waals surface area contributed by atoms with E-state index in [1.807, 2.05) is 18.7 Å². The molecule has 0 radical (unpaired) electrons. The highest BCUT2D eigenvalue weighted by atomic mass is 32.2. The van der Waals surface area contributed by atoms with E-state index in [1.165, 1.54) is 18.6 Å². The van der Waals surface area contributed by atoms with Gasteiger partial charge in [-0.15, -0.1) is 0 Å². The fourth-order valence-corrected chi connectivity index (χ4v) is 2.15. The van der Waals surface area contributed by atoms with Gasteiger partial charge in [-0.2, -0.15) is 11.8 Å². The minimum absolute atomic E-state index is 0.0185. The highest BCUT2D eigenvalue weighted by Crippen LogP contribution is 2.05. The van der Waals surface area contributed by atoms with Crippen LogP contribution >= 0.6 is 11.8 Å². The third-order valence-electron chi connectivity index (χ3n) is 2.77. The first kappa shape index (κ1) is 17.1. The zero-order chi connectivity index (χ0) is 13.8. The molecule has 1 unspecified atom stereocenters. The summed E-state index contributed by atoms with van der Waals surface area (Å²) in [7, 11) is 0. The number of amides is 1. The van der Waals surface area contributed by atoms with Gasteiger partial charge < -0.3 is 16.3 Å². The normalized spacial score (nSPS) is 13.3. The minimum Gasteiger partial charge on any atom is -0.409 e. The minimum atomic E-state index is -0.522. The summed E-state index contributed by atoms with van der Waals surface area (Å²) < 4.78 is 0. The number of nitrogens with one attached hydrogen (secondary N) is 1. The highest BCUT2D eigenvalue weighted by Gasteiger charge is 2.20. The summed E-state index contributed by atoms with van der Waals surface area (Å²) in [4.78, 5) is 11.7. The van der Waals surface area contributed by atoms with Gasteiger partial charge in [0.05, 0.1) is 5.92 Å². The monoisotopic (exact) mass is 275 g/mol. The predicted octanol–water partition coefficient (Wildman–Crippen LogP) is 1.80. The van der Waals surface area contributed by atoms with Crippen molar-refractivity contribution >= 4 is 23.5 Å². The van der Waals surface area contributed by atoms with Gasteiger partial charge in [-0.1, -0.05) is 24.9 Å². The molecule has 0 fully saturated rings. The number of nitrogens with two attached hydrogens (primary N) is 1. The van der Waals surface area contributed by atoms with Crippen molar-refractivity contribution in [1.82, 2.24) is 5.32 Å². The number of thioether (sulfide) groups is 1. The second kappa shape index (κ2) is 11.2. The Kier molecular flexibility index (Phi) is 10.6. The third-order valence-corrected chi connectivity index (χ3v) is 3.47. The Morgan fingerprint density at radius 3 is 2.61 bits per heavy atom. The van der Waals surface area contributed by atoms with Crippen LogP contribution in [0.4, 0.5) is 0 Å². The van der Waals surface area contributed by atoms with Gasteiger partial charge in [-0.3, -0.25) is 4.79 Å². The molecule has 0 aromatic carbocycles. The van der Waals surface area contributed by atoms with Gasteiger partial charge in [-0.05, 0) is 31.3 Å². The van der Waals surface area contributed by atoms with Crippen LogP contribution in [-0.4, -0.2) is 35.5 Å². The Bertz CT molecular complexity index is 260. The topological polar surface area (TPSA) is 87.7 Å². The molecule has 106 valence electrons. The van der Waals surface area contributed by atoms with Gasteiger partial charge >= 0.3 is 0 Å². The van der Waals surface area contributed by atoms with E-state index in [1.54, 1.807) is 0 Å². The first-order valence-corrected chi connectivity index (χ1v) is 7.80. The molecule has 6 heteroatoms. The van der Waals surface area contributed by atoms with Gasteiger partial charge in [0.25, 0.3) is 0 Å². The summed E-state index contributed by atoms with van der Waals surface area (Å²) in [5.41, 5.74) is 5.45. The number of unbranched alkanes of at least 4 members (excludes halogenated alkanes) is 3. The van der Waals surface area contributed by atoms with Crippen molar-refractivity contribution in [3.05, 3.63) is 0 Å². The largest absolute Gasteiger partial charge is 0.409 e. The summed E-state index contributed by atoms with van der Waals surface area (Å²) >= 11 is 1.86. The lowest BCUT2D eigenvalue weighted by Crippen LogP contribution is -2.38. The first-order chi connectivity index (χ1) is 8.67. The van der Waals surface area contributed by atoms with Crippen LogP contribution in [-0.2, 0) is 4.79 Å². The van der Waals surface area contributed by atoms with E-state index in [0.29, 0.717) is 13.0 Å². The van der Waals surface area contributed by atoms with E-state index < -0.39 is 5.92 Å². The van der Waals surface area contributed by atoms with Crippen molar-refractivity contribution in [3.8, 4) is 0 Å². The quantitative estimate of drug-likeness (QED) is 0.186. The zero-order valence-corrected chi connectivity index (χ0v) is 12.1. The molecule has 0 saturated carbocycles. The molecule has 5 nitrogen and oxygen atoms in total. The molecule has 18 heavy (non-hydrogen) atoms. The second-order valence-electron chi connectivity index (χ2n) is 4.18. The van der Waals surface area contributed by atoms with E-state index in [9.17, 15) is 4.79 Å². The molecule has 0 aliphatic heterocycles. The number of carbonyl (C=O) groups excluding carboxylic acids is 1. The third kappa shape index (κ3) is 7.42. The van der Waals surface area contributed by atoms with E-state index >= 15 is 0 Å². The average molecular weight is 275 g/mol. The van der Waals surface area contributed by atoms with Crippen molar-refractivity contribution in [3.63, 3.8) is 0 Å². The summed E-state index contributed by atoms with van der Waals surface area (Å²) in [6.07, 6.45) is 7.19. The van der Waals surface area contributed by atoms with Crippen molar-refractivity contribution in [2.24, 2.45) is 16.8 Å². The SMILES string of the molecule is CCC(C(=O)NCCCCCCSC)C(N)=NO. The Hall–Kier alpha value is -0.910. The Balaban J connectivity index is 3.69. The molecule has 0 aliphatic carbocycles. The van der Waals surface area contributed by atoms with Crippen LogP contribution in [0.25, 0.3) is 0 Å². The summed E-state index contributed by atoms with van der Waals surface area (Å²) in [5, 5.41) is 14.3. The number of carbonyl (C=O) groups is 1. The number of rotatable bonds is 10. The molecule has 0 aromatic heterocycles. The second-order valence-corrected chi connectivity index (χ2v) is 5.17. The molecule has 0 bridgehead atoms. The molecule has 0 aromatic rings. The number of amidine groups is 1. The van der Waals surface area contributed by atoms with Gasteiger partial charge in [0, 0.05) is 6.54 Å². The van der Waals surface area contributed by atoms with Crippen molar-refractivity contribution < 1.29 is 10.0 Å². The van der Waals surface area contributed by atoms with Crippen LogP contribution < -0.4 is 11.1 Å². The Morgan fingerprint density at radius 1 is 1.39 bits per heavy atom. The molecule has 0 saturated heterocycles. The zero-order valence-electron chi connectivity index (χ0n) is 11.3. The molecular weight excluding hydrogens is 250 g/mol. The molecular formula is C12H25N3O2S. The fourth-order valence-electron chi connectivity index (χ4n) is 1.66. The smallest absolute Gasteiger partial charge is 0.230 e. The lowest BCUT2D eigenvalue weighted by Gasteiger charge is -2.13. The molecule has 1 atom stereocenters. The number of hydrogen-bond acceptors (Lipinski definition) is 4. The molecule has 4 N–H and O–H groups in total. The van der Waals surface area contributed by atoms with Crippen LogP contribution in [0.3, 0.4) is 0 Å².